The van der Waals surface area contributed by atoms with Gasteiger partial charge in [0.15, 0.2) is 11.5 Å². The molecule has 1 unspecified atom stereocenters. The monoisotopic (exact) mass is 524 g/mol. The maximum absolute atomic E-state index is 11.6. The van der Waals surface area contributed by atoms with Crippen molar-refractivity contribution in [3.05, 3.63) is 120 Å². The van der Waals surface area contributed by atoms with Crippen molar-refractivity contribution in [2.45, 2.75) is 25.6 Å². The number of aryl methyl sites for hydroxylation is 1. The van der Waals surface area contributed by atoms with Crippen molar-refractivity contribution in [2.75, 3.05) is 26.2 Å². The Kier molecular flexibility index (Phi) is 9.40. The Labute approximate surface area is 226 Å². The molecule has 190 valence electrons. The van der Waals surface area contributed by atoms with Crippen LogP contribution in [0.4, 0.5) is 0 Å². The molecule has 2 heterocycles. The molecule has 36 heavy (non-hydrogen) atoms. The van der Waals surface area contributed by atoms with Gasteiger partial charge in [-0.15, -0.1) is 24.8 Å². The van der Waals surface area contributed by atoms with Crippen LogP contribution in [-0.2, 0) is 5.72 Å². The molecule has 4 aromatic rings. The lowest BCUT2D eigenvalue weighted by Gasteiger charge is -2.44. The Balaban J connectivity index is 0.00000180. The molecule has 0 saturated carbocycles. The first-order valence-corrected chi connectivity index (χ1v) is 12.0. The largest absolute Gasteiger partial charge is 0.456 e. The number of rotatable bonds is 6. The van der Waals surface area contributed by atoms with Crippen molar-refractivity contribution in [2.24, 2.45) is 0 Å². The van der Waals surface area contributed by atoms with Gasteiger partial charge in [-0.25, -0.2) is 0 Å². The second-order valence-corrected chi connectivity index (χ2v) is 9.26. The lowest BCUT2D eigenvalue weighted by Crippen LogP contribution is -2.55. The Morgan fingerprint density at radius 2 is 1.22 bits per heavy atom. The Morgan fingerprint density at radius 3 is 1.72 bits per heavy atom. The average Bonchev–Trinajstić information content (AvgIpc) is 3.29. The molecule has 0 amide bonds. The van der Waals surface area contributed by atoms with Crippen LogP contribution in [-0.4, -0.2) is 41.1 Å². The number of hydrogen-bond donors (Lipinski definition) is 1. The molecule has 3 aromatic carbocycles. The molecule has 0 aliphatic carbocycles. The highest BCUT2D eigenvalue weighted by Crippen LogP contribution is 2.36. The highest BCUT2D eigenvalue weighted by Gasteiger charge is 2.39. The van der Waals surface area contributed by atoms with Crippen molar-refractivity contribution < 1.29 is 9.52 Å². The summed E-state index contributed by atoms with van der Waals surface area (Å²) in [4.78, 5) is 4.65. The summed E-state index contributed by atoms with van der Waals surface area (Å²) >= 11 is 0. The zero-order chi connectivity index (χ0) is 23.5. The molecule has 0 radical (unpaired) electrons. The number of nitrogens with zero attached hydrogens (tertiary/aromatic N) is 2. The molecule has 0 bridgehead atoms. The molecule has 1 aliphatic rings. The van der Waals surface area contributed by atoms with E-state index >= 15 is 0 Å². The number of aliphatic hydroxyl groups is 1. The van der Waals surface area contributed by atoms with E-state index in [1.165, 1.54) is 11.1 Å². The molecular formula is C30H34Cl2N2O2. The standard InChI is InChI=1S/C30H32N2O2.2ClH/c1-23-22-27(24-12-6-3-7-13-24)34-29(23)30(2,33)32-20-18-31(19-21-32)28(25-14-8-4-9-15-25)26-16-10-5-11-17-26;;/h3-17,22,28,33H,18-21H2,1-2H3;2*1H. The van der Waals surface area contributed by atoms with E-state index in [-0.39, 0.29) is 30.9 Å². The minimum atomic E-state index is -1.17. The predicted molar refractivity (Wildman–Crippen MR) is 151 cm³/mol. The maximum Gasteiger partial charge on any atom is 0.175 e. The average molecular weight is 526 g/mol. The van der Waals surface area contributed by atoms with E-state index in [0.717, 1.165) is 43.1 Å². The van der Waals surface area contributed by atoms with Gasteiger partial charge in [-0.1, -0.05) is 91.0 Å². The van der Waals surface area contributed by atoms with Crippen LogP contribution in [0.3, 0.4) is 0 Å². The fourth-order valence-corrected chi connectivity index (χ4v) is 5.14. The molecule has 0 spiro atoms. The van der Waals surface area contributed by atoms with Gasteiger partial charge in [-0.05, 0) is 36.6 Å². The lowest BCUT2D eigenvalue weighted by atomic mass is 9.96. The summed E-state index contributed by atoms with van der Waals surface area (Å²) in [6.45, 7) is 7.09. The van der Waals surface area contributed by atoms with Crippen LogP contribution in [0.5, 0.6) is 0 Å². The van der Waals surface area contributed by atoms with E-state index in [0.29, 0.717) is 5.76 Å². The first kappa shape index (κ1) is 28.0. The topological polar surface area (TPSA) is 39.9 Å². The second kappa shape index (κ2) is 12.1. The van der Waals surface area contributed by atoms with Gasteiger partial charge in [0.2, 0.25) is 0 Å². The summed E-state index contributed by atoms with van der Waals surface area (Å²) in [7, 11) is 0. The van der Waals surface area contributed by atoms with E-state index in [1.54, 1.807) is 0 Å². The summed E-state index contributed by atoms with van der Waals surface area (Å²) in [5.74, 6) is 1.42. The number of halogens is 2. The molecule has 5 rings (SSSR count). The smallest absolute Gasteiger partial charge is 0.175 e. The van der Waals surface area contributed by atoms with Gasteiger partial charge in [-0.2, -0.15) is 0 Å². The minimum Gasteiger partial charge on any atom is -0.456 e. The summed E-state index contributed by atoms with van der Waals surface area (Å²) < 4.78 is 6.23. The second-order valence-electron chi connectivity index (χ2n) is 9.26. The third-order valence-electron chi connectivity index (χ3n) is 6.93. The Bertz CT molecular complexity index is 1170. The predicted octanol–water partition coefficient (Wildman–Crippen LogP) is 6.67. The normalized spacial score (nSPS) is 16.1. The zero-order valence-corrected chi connectivity index (χ0v) is 22.3. The minimum absolute atomic E-state index is 0. The van der Waals surface area contributed by atoms with Gasteiger partial charge in [-0.3, -0.25) is 9.80 Å². The van der Waals surface area contributed by atoms with Crippen molar-refractivity contribution in [1.82, 2.24) is 9.80 Å². The van der Waals surface area contributed by atoms with Crippen molar-refractivity contribution in [3.63, 3.8) is 0 Å². The molecular weight excluding hydrogens is 491 g/mol. The molecule has 1 saturated heterocycles. The molecule has 4 nitrogen and oxygen atoms in total. The first-order valence-electron chi connectivity index (χ1n) is 12.0. The van der Waals surface area contributed by atoms with E-state index < -0.39 is 5.72 Å². The van der Waals surface area contributed by atoms with Crippen LogP contribution in [0.2, 0.25) is 0 Å². The van der Waals surface area contributed by atoms with E-state index in [2.05, 4.69) is 70.5 Å². The highest BCUT2D eigenvalue weighted by molar-refractivity contribution is 5.85. The quantitative estimate of drug-likeness (QED) is 0.305. The maximum atomic E-state index is 11.6. The van der Waals surface area contributed by atoms with Gasteiger partial charge in [0, 0.05) is 31.7 Å². The molecule has 1 fully saturated rings. The fourth-order valence-electron chi connectivity index (χ4n) is 5.14. The summed E-state index contributed by atoms with van der Waals surface area (Å²) in [6, 6.07) is 33.7. The van der Waals surface area contributed by atoms with Gasteiger partial charge in [0.05, 0.1) is 6.04 Å². The van der Waals surface area contributed by atoms with E-state index in [4.69, 9.17) is 4.42 Å². The highest BCUT2D eigenvalue weighted by atomic mass is 35.5. The van der Waals surface area contributed by atoms with Crippen LogP contribution < -0.4 is 0 Å². The third kappa shape index (κ3) is 5.69. The van der Waals surface area contributed by atoms with Gasteiger partial charge >= 0.3 is 0 Å². The molecule has 1 aromatic heterocycles. The fraction of sp³-hybridized carbons (Fsp3) is 0.267. The van der Waals surface area contributed by atoms with Gasteiger partial charge in [0.25, 0.3) is 0 Å². The third-order valence-corrected chi connectivity index (χ3v) is 6.93. The summed E-state index contributed by atoms with van der Waals surface area (Å²) in [5, 5.41) is 11.6. The van der Waals surface area contributed by atoms with Crippen LogP contribution in [0.1, 0.15) is 35.4 Å². The Morgan fingerprint density at radius 1 is 0.750 bits per heavy atom. The van der Waals surface area contributed by atoms with Crippen molar-refractivity contribution in [1.29, 1.82) is 0 Å². The van der Waals surface area contributed by atoms with E-state index in [1.807, 2.05) is 50.2 Å². The van der Waals surface area contributed by atoms with Crippen molar-refractivity contribution in [3.8, 4) is 11.3 Å². The van der Waals surface area contributed by atoms with Crippen LogP contribution in [0, 0.1) is 6.92 Å². The molecule has 1 aliphatic heterocycles. The van der Waals surface area contributed by atoms with E-state index in [9.17, 15) is 5.11 Å². The van der Waals surface area contributed by atoms with Crippen molar-refractivity contribution >= 4 is 24.8 Å². The van der Waals surface area contributed by atoms with Gasteiger partial charge in [0.1, 0.15) is 5.76 Å². The molecule has 1 atom stereocenters. The SMILES string of the molecule is Cc1cc(-c2ccccc2)oc1C(C)(O)N1CCN(C(c2ccccc2)c2ccccc2)CC1.Cl.Cl. The number of furan rings is 1. The number of piperazine rings is 1. The lowest BCUT2D eigenvalue weighted by molar-refractivity contribution is -0.132. The Hall–Kier alpha value is -2.60. The van der Waals surface area contributed by atoms with Crippen LogP contribution in [0.25, 0.3) is 11.3 Å². The zero-order valence-electron chi connectivity index (χ0n) is 20.7. The first-order chi connectivity index (χ1) is 16.5. The summed E-state index contributed by atoms with van der Waals surface area (Å²) in [6.07, 6.45) is 0. The van der Waals surface area contributed by atoms with Crippen LogP contribution >= 0.6 is 24.8 Å². The van der Waals surface area contributed by atoms with Gasteiger partial charge < -0.3 is 9.52 Å². The summed E-state index contributed by atoms with van der Waals surface area (Å²) in [5.41, 5.74) is 3.41. The molecule has 1 N–H and O–H groups in total. The number of hydrogen-bond acceptors (Lipinski definition) is 4. The molecule has 6 heteroatoms. The number of benzene rings is 3. The van der Waals surface area contributed by atoms with Crippen LogP contribution in [0.15, 0.2) is 101 Å².